The monoisotopic (exact) mass is 381 g/mol. The lowest BCUT2D eigenvalue weighted by molar-refractivity contribution is -0.137. The Bertz CT molecular complexity index is 889. The van der Waals surface area contributed by atoms with Crippen LogP contribution in [0.3, 0.4) is 0 Å². The molecule has 0 bridgehead atoms. The number of anilines is 1. The van der Waals surface area contributed by atoms with Gasteiger partial charge in [-0.05, 0) is 29.8 Å². The Morgan fingerprint density at radius 1 is 1.12 bits per heavy atom. The largest absolute Gasteiger partial charge is 0.416 e. The van der Waals surface area contributed by atoms with Gasteiger partial charge in [0.25, 0.3) is 0 Å². The van der Waals surface area contributed by atoms with Crippen molar-refractivity contribution in [3.63, 3.8) is 0 Å². The summed E-state index contributed by atoms with van der Waals surface area (Å²) in [5, 5.41) is 6.97. The van der Waals surface area contributed by atoms with Gasteiger partial charge >= 0.3 is 6.18 Å². The number of halogens is 4. The van der Waals surface area contributed by atoms with Crippen LogP contribution in [0.25, 0.3) is 11.3 Å². The maximum absolute atomic E-state index is 12.7. The Labute approximate surface area is 150 Å². The van der Waals surface area contributed by atoms with Crippen molar-refractivity contribution in [3.8, 4) is 11.3 Å². The predicted octanol–water partition coefficient (Wildman–Crippen LogP) is 5.93. The van der Waals surface area contributed by atoms with Crippen LogP contribution in [0.4, 0.5) is 18.3 Å². The molecule has 128 valence electrons. The minimum absolute atomic E-state index is 0.344. The number of hydrazone groups is 1. The summed E-state index contributed by atoms with van der Waals surface area (Å²) in [7, 11) is 0. The molecule has 3 nitrogen and oxygen atoms in total. The highest BCUT2D eigenvalue weighted by atomic mass is 35.5. The van der Waals surface area contributed by atoms with Gasteiger partial charge in [-0.3, -0.25) is 5.43 Å². The fourth-order valence-electron chi connectivity index (χ4n) is 2.04. The molecule has 8 heteroatoms. The first kappa shape index (κ1) is 17.4. The van der Waals surface area contributed by atoms with E-state index in [4.69, 9.17) is 11.6 Å². The molecule has 1 heterocycles. The number of alkyl halides is 3. The molecule has 0 spiro atoms. The topological polar surface area (TPSA) is 37.3 Å². The third kappa shape index (κ3) is 4.58. The van der Waals surface area contributed by atoms with E-state index >= 15 is 0 Å². The summed E-state index contributed by atoms with van der Waals surface area (Å²) in [4.78, 5) is 4.37. The lowest BCUT2D eigenvalue weighted by Crippen LogP contribution is -2.05. The molecule has 25 heavy (non-hydrogen) atoms. The molecule has 0 unspecified atom stereocenters. The van der Waals surface area contributed by atoms with Crippen molar-refractivity contribution in [3.05, 3.63) is 70.1 Å². The quantitative estimate of drug-likeness (QED) is 0.449. The molecule has 0 saturated heterocycles. The molecular formula is C17H11ClF3N3S. The molecule has 1 N–H and O–H groups in total. The van der Waals surface area contributed by atoms with Gasteiger partial charge < -0.3 is 0 Å². The summed E-state index contributed by atoms with van der Waals surface area (Å²) < 4.78 is 38.0. The smallest absolute Gasteiger partial charge is 0.253 e. The summed E-state index contributed by atoms with van der Waals surface area (Å²) in [6.45, 7) is 0. The van der Waals surface area contributed by atoms with Gasteiger partial charge in [0.1, 0.15) is 0 Å². The highest BCUT2D eigenvalue weighted by molar-refractivity contribution is 7.14. The molecule has 3 aromatic rings. The van der Waals surface area contributed by atoms with Crippen molar-refractivity contribution >= 4 is 34.3 Å². The molecule has 0 aliphatic carbocycles. The zero-order chi connectivity index (χ0) is 17.9. The van der Waals surface area contributed by atoms with Crippen LogP contribution >= 0.6 is 22.9 Å². The minimum atomic E-state index is -4.37. The van der Waals surface area contributed by atoms with Crippen molar-refractivity contribution in [1.82, 2.24) is 4.98 Å². The number of aromatic nitrogens is 1. The maximum atomic E-state index is 12.7. The van der Waals surface area contributed by atoms with Gasteiger partial charge in [-0.15, -0.1) is 11.3 Å². The third-order valence-electron chi connectivity index (χ3n) is 3.23. The number of hydrogen-bond donors (Lipinski definition) is 1. The molecule has 0 aliphatic rings. The Kier molecular flexibility index (Phi) is 5.06. The molecule has 0 saturated carbocycles. The summed E-state index contributed by atoms with van der Waals surface area (Å²) in [6, 6.07) is 12.2. The van der Waals surface area contributed by atoms with Crippen LogP contribution in [0, 0.1) is 0 Å². The third-order valence-corrected chi connectivity index (χ3v) is 4.23. The number of nitrogens with one attached hydrogen (secondary N) is 1. The van der Waals surface area contributed by atoms with E-state index < -0.39 is 11.7 Å². The van der Waals surface area contributed by atoms with Crippen LogP contribution in [0.1, 0.15) is 11.1 Å². The second-order valence-electron chi connectivity index (χ2n) is 5.04. The van der Waals surface area contributed by atoms with E-state index in [1.54, 1.807) is 18.2 Å². The average molecular weight is 382 g/mol. The van der Waals surface area contributed by atoms with Crippen molar-refractivity contribution in [2.24, 2.45) is 5.10 Å². The van der Waals surface area contributed by atoms with Crippen LogP contribution in [-0.2, 0) is 6.18 Å². The van der Waals surface area contributed by atoms with E-state index in [-0.39, 0.29) is 0 Å². The van der Waals surface area contributed by atoms with Gasteiger partial charge in [-0.2, -0.15) is 18.3 Å². The standard InChI is InChI=1S/C17H11ClF3N3S/c18-14-6-4-12(5-7-14)15-10-25-16(23-15)24-22-9-11-2-1-3-13(8-11)17(19,20)21/h1-10H,(H,23,24)/b22-9-. The second-order valence-corrected chi connectivity index (χ2v) is 6.33. The van der Waals surface area contributed by atoms with Crippen LogP contribution in [0.5, 0.6) is 0 Å². The van der Waals surface area contributed by atoms with Crippen molar-refractivity contribution in [1.29, 1.82) is 0 Å². The fraction of sp³-hybridized carbons (Fsp3) is 0.0588. The first-order valence-corrected chi connectivity index (χ1v) is 8.35. The number of rotatable bonds is 4. The van der Waals surface area contributed by atoms with E-state index in [0.717, 1.165) is 23.4 Å². The predicted molar refractivity (Wildman–Crippen MR) is 95.2 cm³/mol. The van der Waals surface area contributed by atoms with Gasteiger partial charge in [0.15, 0.2) is 0 Å². The van der Waals surface area contributed by atoms with E-state index in [0.29, 0.717) is 15.7 Å². The normalized spacial score (nSPS) is 11.8. The van der Waals surface area contributed by atoms with Gasteiger partial charge in [-0.25, -0.2) is 4.98 Å². The molecule has 2 aromatic carbocycles. The van der Waals surface area contributed by atoms with E-state index in [2.05, 4.69) is 15.5 Å². The number of hydrogen-bond acceptors (Lipinski definition) is 4. The molecule has 0 atom stereocenters. The molecule has 0 aliphatic heterocycles. The number of nitrogens with zero attached hydrogens (tertiary/aromatic N) is 2. The van der Waals surface area contributed by atoms with Crippen LogP contribution in [-0.4, -0.2) is 11.2 Å². The summed E-state index contributed by atoms with van der Waals surface area (Å²) in [5.74, 6) is 0. The fourth-order valence-corrected chi connectivity index (χ4v) is 2.83. The van der Waals surface area contributed by atoms with Gasteiger partial charge in [0, 0.05) is 16.0 Å². The van der Waals surface area contributed by atoms with Crippen LogP contribution in [0.15, 0.2) is 59.0 Å². The van der Waals surface area contributed by atoms with E-state index in [1.165, 1.54) is 23.6 Å². The lowest BCUT2D eigenvalue weighted by atomic mass is 10.1. The van der Waals surface area contributed by atoms with Crippen LogP contribution in [0.2, 0.25) is 5.02 Å². The van der Waals surface area contributed by atoms with Crippen molar-refractivity contribution in [2.45, 2.75) is 6.18 Å². The minimum Gasteiger partial charge on any atom is -0.253 e. The zero-order valence-corrected chi connectivity index (χ0v) is 14.2. The van der Waals surface area contributed by atoms with Crippen molar-refractivity contribution < 1.29 is 13.2 Å². The molecule has 0 amide bonds. The first-order valence-electron chi connectivity index (χ1n) is 7.09. The highest BCUT2D eigenvalue weighted by Crippen LogP contribution is 2.29. The Hall–Kier alpha value is -2.38. The lowest BCUT2D eigenvalue weighted by Gasteiger charge is -2.06. The molecule has 0 radical (unpaired) electrons. The molecular weight excluding hydrogens is 371 g/mol. The van der Waals surface area contributed by atoms with Gasteiger partial charge in [0.05, 0.1) is 17.5 Å². The first-order chi connectivity index (χ1) is 11.9. The van der Waals surface area contributed by atoms with E-state index in [9.17, 15) is 13.2 Å². The van der Waals surface area contributed by atoms with Crippen molar-refractivity contribution in [2.75, 3.05) is 5.43 Å². The highest BCUT2D eigenvalue weighted by Gasteiger charge is 2.30. The zero-order valence-electron chi connectivity index (χ0n) is 12.6. The number of benzene rings is 2. The Balaban J connectivity index is 1.68. The molecule has 1 aromatic heterocycles. The second kappa shape index (κ2) is 7.25. The van der Waals surface area contributed by atoms with Gasteiger partial charge in [0.2, 0.25) is 5.13 Å². The maximum Gasteiger partial charge on any atom is 0.416 e. The Morgan fingerprint density at radius 2 is 1.88 bits per heavy atom. The summed E-state index contributed by atoms with van der Waals surface area (Å²) in [6.07, 6.45) is -3.06. The summed E-state index contributed by atoms with van der Waals surface area (Å²) >= 11 is 7.19. The SMILES string of the molecule is FC(F)(F)c1cccc(/C=N\Nc2nc(-c3ccc(Cl)cc3)cs2)c1. The molecule has 0 fully saturated rings. The van der Waals surface area contributed by atoms with Gasteiger partial charge in [-0.1, -0.05) is 35.9 Å². The van der Waals surface area contributed by atoms with E-state index in [1.807, 2.05) is 17.5 Å². The number of thiazole rings is 1. The summed E-state index contributed by atoms with van der Waals surface area (Å²) in [5.41, 5.74) is 4.03. The van der Waals surface area contributed by atoms with Crippen LogP contribution < -0.4 is 5.43 Å². The average Bonchev–Trinajstić information content (AvgIpc) is 3.04. The molecule has 3 rings (SSSR count). The Morgan fingerprint density at radius 3 is 2.60 bits per heavy atom.